The minimum atomic E-state index is -0.823. The van der Waals surface area contributed by atoms with Crippen LogP contribution in [-0.2, 0) is 33.9 Å². The lowest BCUT2D eigenvalue weighted by atomic mass is 10.00. The number of hydrogen-bond donors (Lipinski definition) is 6. The fourth-order valence-electron chi connectivity index (χ4n) is 6.64. The molecule has 0 spiro atoms. The zero-order valence-electron chi connectivity index (χ0n) is 29.2. The summed E-state index contributed by atoms with van der Waals surface area (Å²) in [6, 6.07) is 20.0. The fraction of sp³-hybridized carbons (Fsp3) is 0.410. The van der Waals surface area contributed by atoms with Gasteiger partial charge in [-0.3, -0.25) is 14.4 Å². The largest absolute Gasteiger partial charge is 0.361 e. The first kappa shape index (κ1) is 37.1. The van der Waals surface area contributed by atoms with Gasteiger partial charge in [0.25, 0.3) is 0 Å². The quantitative estimate of drug-likeness (QED) is 0.133. The third-order valence-electron chi connectivity index (χ3n) is 9.44. The van der Waals surface area contributed by atoms with E-state index in [1.165, 1.54) is 0 Å². The van der Waals surface area contributed by atoms with Crippen LogP contribution in [0.2, 0.25) is 0 Å². The van der Waals surface area contributed by atoms with E-state index in [0.29, 0.717) is 64.7 Å². The van der Waals surface area contributed by atoms with Crippen molar-refractivity contribution in [3.8, 4) is 0 Å². The second-order valence-corrected chi connectivity index (χ2v) is 14.0. The van der Waals surface area contributed by atoms with Crippen molar-refractivity contribution in [2.75, 3.05) is 19.6 Å². The third kappa shape index (κ3) is 9.14. The average Bonchev–Trinajstić information content (AvgIpc) is 3.54. The zero-order chi connectivity index (χ0) is 35.5. The van der Waals surface area contributed by atoms with Gasteiger partial charge in [-0.2, -0.15) is 0 Å². The van der Waals surface area contributed by atoms with Crippen LogP contribution in [0.5, 0.6) is 0 Å². The molecule has 266 valence electrons. The van der Waals surface area contributed by atoms with Crippen LogP contribution in [0.1, 0.15) is 61.3 Å². The number of benzene rings is 3. The molecule has 0 bridgehead atoms. The van der Waals surface area contributed by atoms with Crippen molar-refractivity contribution < 1.29 is 14.4 Å². The van der Waals surface area contributed by atoms with Gasteiger partial charge >= 0.3 is 0 Å². The van der Waals surface area contributed by atoms with E-state index >= 15 is 0 Å². The van der Waals surface area contributed by atoms with Crippen LogP contribution in [0.3, 0.4) is 0 Å². The van der Waals surface area contributed by atoms with E-state index in [9.17, 15) is 14.4 Å². The zero-order valence-corrected chi connectivity index (χ0v) is 30.0. The molecule has 1 aromatic heterocycles. The molecule has 3 amide bonds. The number of nitrogens with zero attached hydrogens (tertiary/aromatic N) is 1. The molecule has 10 nitrogen and oxygen atoms in total. The van der Waals surface area contributed by atoms with E-state index in [-0.39, 0.29) is 24.3 Å². The molecule has 0 radical (unpaired) electrons. The number of aryl methyl sites for hydroxylation is 1. The van der Waals surface area contributed by atoms with Crippen LogP contribution in [-0.4, -0.2) is 65.4 Å². The van der Waals surface area contributed by atoms with E-state index in [0.717, 1.165) is 42.9 Å². The Bertz CT molecular complexity index is 1760. The summed E-state index contributed by atoms with van der Waals surface area (Å²) in [7, 11) is 0. The van der Waals surface area contributed by atoms with Gasteiger partial charge in [-0.1, -0.05) is 66.4 Å². The van der Waals surface area contributed by atoms with Gasteiger partial charge in [0.15, 0.2) is 0 Å². The second kappa shape index (κ2) is 18.2. The lowest BCUT2D eigenvalue weighted by molar-refractivity contribution is -0.143. The predicted molar refractivity (Wildman–Crippen MR) is 201 cm³/mol. The summed E-state index contributed by atoms with van der Waals surface area (Å²) in [5.41, 5.74) is 16.8. The molecular weight excluding hydrogens is 647 g/mol. The summed E-state index contributed by atoms with van der Waals surface area (Å²) in [6.45, 7) is 5.94. The number of fused-ring (bicyclic) bond motifs is 3. The van der Waals surface area contributed by atoms with E-state index in [2.05, 4.69) is 46.1 Å². The normalized spacial score (nSPS) is 19.4. The summed E-state index contributed by atoms with van der Waals surface area (Å²) in [4.78, 5) is 50.1. The van der Waals surface area contributed by atoms with Gasteiger partial charge in [0.1, 0.15) is 12.1 Å². The summed E-state index contributed by atoms with van der Waals surface area (Å²) in [6.07, 6.45) is 5.18. The molecular formula is C39H51N7O3S. The lowest BCUT2D eigenvalue weighted by Gasteiger charge is -2.34. The molecule has 0 fully saturated rings. The highest BCUT2D eigenvalue weighted by molar-refractivity contribution is 7.99. The van der Waals surface area contributed by atoms with E-state index in [4.69, 9.17) is 11.5 Å². The maximum absolute atomic E-state index is 14.6. The molecule has 0 saturated carbocycles. The molecule has 50 heavy (non-hydrogen) atoms. The molecule has 1 unspecified atom stereocenters. The lowest BCUT2D eigenvalue weighted by Crippen LogP contribution is -2.58. The van der Waals surface area contributed by atoms with Crippen molar-refractivity contribution in [3.05, 3.63) is 95.2 Å². The van der Waals surface area contributed by atoms with Crippen LogP contribution in [0.4, 0.5) is 0 Å². The van der Waals surface area contributed by atoms with E-state index < -0.39 is 18.1 Å². The van der Waals surface area contributed by atoms with Gasteiger partial charge in [0.05, 0.1) is 6.04 Å². The minimum Gasteiger partial charge on any atom is -0.361 e. The monoisotopic (exact) mass is 697 g/mol. The SMILES string of the molecule is CCN1C(=O)[C@H](CCCCN)NC(=O)[C@H](CCCN)NCc2ccccc2Sc2c(C)cccc2CNC(=O)C1Cc1c[nH]c2ccccc12. The molecule has 3 atom stereocenters. The standard InChI is InChI=1S/C39H51N7O3S/c1-3-46-34(22-29-25-42-31-16-6-5-15-30(29)31)38(48)44-24-28-14-10-12-26(2)36(28)50-35-19-7-4-13-27(35)23-43-32(18-11-21-41)37(47)45-33(39(46)49)17-8-9-20-40/h4-7,10,12-16,19,25,32-34,42-43H,3,8-9,11,17-18,20-24,40-41H2,1-2H3,(H,44,48)(H,45,47)/t32-,33-,34?/m0/s1. The Balaban J connectivity index is 1.58. The van der Waals surface area contributed by atoms with Crippen molar-refractivity contribution in [1.29, 1.82) is 0 Å². The highest BCUT2D eigenvalue weighted by atomic mass is 32.2. The third-order valence-corrected chi connectivity index (χ3v) is 10.8. The first-order valence-electron chi connectivity index (χ1n) is 17.8. The topological polar surface area (TPSA) is 158 Å². The number of likely N-dealkylation sites (N-methyl/N-ethyl adjacent to an activating group) is 1. The van der Waals surface area contributed by atoms with Crippen LogP contribution < -0.4 is 27.4 Å². The van der Waals surface area contributed by atoms with Crippen molar-refractivity contribution in [3.63, 3.8) is 0 Å². The molecule has 1 aliphatic heterocycles. The van der Waals surface area contributed by atoms with Gasteiger partial charge in [-0.15, -0.1) is 0 Å². The number of carbonyl (C=O) groups excluding carboxylic acids is 3. The average molecular weight is 698 g/mol. The highest BCUT2D eigenvalue weighted by Gasteiger charge is 2.35. The highest BCUT2D eigenvalue weighted by Crippen LogP contribution is 2.35. The number of rotatable bonds is 10. The molecule has 3 aromatic carbocycles. The Morgan fingerprint density at radius 1 is 0.820 bits per heavy atom. The predicted octanol–water partition coefficient (Wildman–Crippen LogP) is 4.53. The number of para-hydroxylation sites is 1. The molecule has 0 saturated heterocycles. The summed E-state index contributed by atoms with van der Waals surface area (Å²) in [5.74, 6) is -0.784. The number of H-pyrrole nitrogens is 1. The first-order valence-corrected chi connectivity index (χ1v) is 18.6. The summed E-state index contributed by atoms with van der Waals surface area (Å²) >= 11 is 1.66. The maximum Gasteiger partial charge on any atom is 0.245 e. The fourth-order valence-corrected chi connectivity index (χ4v) is 7.78. The Morgan fingerprint density at radius 2 is 1.56 bits per heavy atom. The van der Waals surface area contributed by atoms with Crippen LogP contribution in [0.15, 0.2) is 82.7 Å². The number of aromatic nitrogens is 1. The van der Waals surface area contributed by atoms with Crippen LogP contribution in [0, 0.1) is 6.92 Å². The first-order chi connectivity index (χ1) is 24.3. The van der Waals surface area contributed by atoms with Crippen molar-refractivity contribution in [2.45, 2.75) is 93.4 Å². The van der Waals surface area contributed by atoms with Crippen molar-refractivity contribution >= 4 is 40.4 Å². The van der Waals surface area contributed by atoms with Gasteiger partial charge < -0.3 is 37.3 Å². The molecule has 8 N–H and O–H groups in total. The minimum absolute atomic E-state index is 0.248. The molecule has 5 rings (SSSR count). The summed E-state index contributed by atoms with van der Waals surface area (Å²) in [5, 5.41) is 10.8. The molecule has 1 aliphatic rings. The second-order valence-electron chi connectivity index (χ2n) is 12.9. The molecule has 4 aromatic rings. The van der Waals surface area contributed by atoms with Gasteiger partial charge in [-0.05, 0) is 93.4 Å². The Labute approximate surface area is 299 Å². The Hall–Kier alpha value is -4.16. The Morgan fingerprint density at radius 3 is 2.36 bits per heavy atom. The van der Waals surface area contributed by atoms with Crippen LogP contribution >= 0.6 is 11.8 Å². The number of aromatic amines is 1. The molecule has 0 aliphatic carbocycles. The number of carbonyl (C=O) groups is 3. The van der Waals surface area contributed by atoms with Crippen LogP contribution in [0.25, 0.3) is 10.9 Å². The Kier molecular flexibility index (Phi) is 13.5. The number of amides is 3. The van der Waals surface area contributed by atoms with Gasteiger partial charge in [0.2, 0.25) is 17.7 Å². The van der Waals surface area contributed by atoms with Crippen molar-refractivity contribution in [1.82, 2.24) is 25.8 Å². The van der Waals surface area contributed by atoms with Gasteiger partial charge in [0, 0.05) is 52.9 Å². The molecule has 2 heterocycles. The number of nitrogens with two attached hydrogens (primary N) is 2. The number of hydrogen-bond acceptors (Lipinski definition) is 7. The van der Waals surface area contributed by atoms with Gasteiger partial charge in [-0.25, -0.2) is 0 Å². The number of nitrogens with one attached hydrogen (secondary N) is 4. The van der Waals surface area contributed by atoms with Crippen molar-refractivity contribution in [2.24, 2.45) is 11.5 Å². The van der Waals surface area contributed by atoms with E-state index in [1.54, 1.807) is 16.7 Å². The smallest absolute Gasteiger partial charge is 0.245 e. The number of unbranched alkanes of at least 4 members (excludes halogenated alkanes) is 1. The van der Waals surface area contributed by atoms with E-state index in [1.807, 2.05) is 61.7 Å². The summed E-state index contributed by atoms with van der Waals surface area (Å²) < 4.78 is 0. The molecule has 11 heteroatoms. The maximum atomic E-state index is 14.6.